The van der Waals surface area contributed by atoms with E-state index in [0.29, 0.717) is 6.54 Å². The van der Waals surface area contributed by atoms with Gasteiger partial charge in [-0.15, -0.1) is 0 Å². The molecule has 6 nitrogen and oxygen atoms in total. The van der Waals surface area contributed by atoms with Gasteiger partial charge in [0.1, 0.15) is 0 Å². The zero-order chi connectivity index (χ0) is 15.3. The monoisotopic (exact) mass is 284 g/mol. The fourth-order valence-corrected chi connectivity index (χ4v) is 2.03. The number of carbonyl (C=O) groups excluding carboxylic acids is 2. The molecule has 1 atom stereocenters. The number of carbonyl (C=O) groups is 2. The predicted octanol–water partition coefficient (Wildman–Crippen LogP) is 2.80. The molecular formula is C14H24N2O4. The summed E-state index contributed by atoms with van der Waals surface area (Å²) in [5, 5.41) is 2.64. The van der Waals surface area contributed by atoms with Crippen LogP contribution < -0.4 is 0 Å². The van der Waals surface area contributed by atoms with Crippen LogP contribution in [0.4, 0.5) is 9.59 Å². The van der Waals surface area contributed by atoms with Crippen molar-refractivity contribution in [2.24, 2.45) is 5.41 Å². The quantitative estimate of drug-likeness (QED) is 0.732. The Morgan fingerprint density at radius 3 is 2.20 bits per heavy atom. The third-order valence-electron chi connectivity index (χ3n) is 2.94. The van der Waals surface area contributed by atoms with Crippen LogP contribution in [0, 0.1) is 5.41 Å². The molecule has 6 heteroatoms. The second kappa shape index (κ2) is 6.63. The van der Waals surface area contributed by atoms with Crippen LogP contribution in [0.5, 0.6) is 0 Å². The number of rotatable bonds is 2. The van der Waals surface area contributed by atoms with Gasteiger partial charge in [0.05, 0.1) is 25.8 Å². The summed E-state index contributed by atoms with van der Waals surface area (Å²) < 4.78 is 10.1. The molecule has 0 fully saturated rings. The lowest BCUT2D eigenvalue weighted by Gasteiger charge is -2.44. The van der Waals surface area contributed by atoms with E-state index in [9.17, 15) is 9.59 Å². The molecule has 0 N–H and O–H groups in total. The maximum atomic E-state index is 12.2. The van der Waals surface area contributed by atoms with Crippen molar-refractivity contribution in [1.82, 2.24) is 10.0 Å². The van der Waals surface area contributed by atoms with E-state index < -0.39 is 12.2 Å². The van der Waals surface area contributed by atoms with Gasteiger partial charge in [-0.05, 0) is 19.3 Å². The SMILES string of the molecule is CCOC(=O)N1CC=C[C@@H](C(C)(C)C)N1C(=O)OCC. The summed E-state index contributed by atoms with van der Waals surface area (Å²) in [6, 6.07) is -0.264. The highest BCUT2D eigenvalue weighted by Crippen LogP contribution is 2.30. The second-order valence-corrected chi connectivity index (χ2v) is 5.56. The highest BCUT2D eigenvalue weighted by atomic mass is 16.6. The molecule has 0 aliphatic carbocycles. The first kappa shape index (κ1) is 16.3. The van der Waals surface area contributed by atoms with E-state index in [0.717, 1.165) is 0 Å². The van der Waals surface area contributed by atoms with Crippen LogP contribution in [0.25, 0.3) is 0 Å². The standard InChI is InChI=1S/C14H24N2O4/c1-6-19-12(17)15-10-8-9-11(14(3,4)5)16(15)13(18)20-7-2/h8-9,11H,6-7,10H2,1-5H3/t11-/m0/s1. The maximum absolute atomic E-state index is 12.2. The third kappa shape index (κ3) is 3.65. The minimum absolute atomic E-state index is 0.228. The Morgan fingerprint density at radius 1 is 1.15 bits per heavy atom. The highest BCUT2D eigenvalue weighted by molar-refractivity contribution is 5.75. The van der Waals surface area contributed by atoms with Crippen molar-refractivity contribution in [3.05, 3.63) is 12.2 Å². The Morgan fingerprint density at radius 2 is 1.70 bits per heavy atom. The number of nitrogens with zero attached hydrogens (tertiary/aromatic N) is 2. The van der Waals surface area contributed by atoms with E-state index in [-0.39, 0.29) is 24.7 Å². The largest absolute Gasteiger partial charge is 0.448 e. The highest BCUT2D eigenvalue weighted by Gasteiger charge is 2.40. The molecule has 114 valence electrons. The van der Waals surface area contributed by atoms with Gasteiger partial charge in [0, 0.05) is 0 Å². The average Bonchev–Trinajstić information content (AvgIpc) is 2.37. The van der Waals surface area contributed by atoms with Crippen molar-refractivity contribution in [3.8, 4) is 0 Å². The topological polar surface area (TPSA) is 59.1 Å². The van der Waals surface area contributed by atoms with Crippen molar-refractivity contribution in [3.63, 3.8) is 0 Å². The van der Waals surface area contributed by atoms with Crippen molar-refractivity contribution >= 4 is 12.2 Å². The Balaban J connectivity index is 3.07. The summed E-state index contributed by atoms with van der Waals surface area (Å²) in [6.45, 7) is 10.3. The number of ether oxygens (including phenoxy) is 2. The van der Waals surface area contributed by atoms with Gasteiger partial charge in [-0.1, -0.05) is 32.9 Å². The maximum Gasteiger partial charge on any atom is 0.429 e. The van der Waals surface area contributed by atoms with Crippen LogP contribution in [0.1, 0.15) is 34.6 Å². The molecule has 0 aromatic rings. The Bertz CT molecular complexity index is 387. The van der Waals surface area contributed by atoms with Gasteiger partial charge in [-0.25, -0.2) is 19.6 Å². The van der Waals surface area contributed by atoms with Crippen molar-refractivity contribution in [2.75, 3.05) is 19.8 Å². The first-order chi connectivity index (χ1) is 9.32. The normalized spacial score (nSPS) is 18.9. The van der Waals surface area contributed by atoms with Gasteiger partial charge < -0.3 is 9.47 Å². The fraction of sp³-hybridized carbons (Fsp3) is 0.714. The van der Waals surface area contributed by atoms with Crippen molar-refractivity contribution < 1.29 is 19.1 Å². The molecule has 0 saturated carbocycles. The lowest BCUT2D eigenvalue weighted by atomic mass is 9.85. The lowest BCUT2D eigenvalue weighted by Crippen LogP contribution is -2.59. The summed E-state index contributed by atoms with van der Waals surface area (Å²) in [6.07, 6.45) is 2.71. The Hall–Kier alpha value is -1.72. The molecule has 0 unspecified atom stereocenters. The molecular weight excluding hydrogens is 260 g/mol. The second-order valence-electron chi connectivity index (χ2n) is 5.56. The van der Waals surface area contributed by atoms with Gasteiger partial charge in [0.25, 0.3) is 0 Å². The summed E-state index contributed by atoms with van der Waals surface area (Å²) in [4.78, 5) is 24.2. The van der Waals surface area contributed by atoms with Crippen LogP contribution >= 0.6 is 0 Å². The third-order valence-corrected chi connectivity index (χ3v) is 2.94. The molecule has 0 aromatic carbocycles. The molecule has 1 rings (SSSR count). The molecule has 0 radical (unpaired) electrons. The van der Waals surface area contributed by atoms with E-state index in [4.69, 9.17) is 9.47 Å². The molecule has 1 aliphatic rings. The number of amides is 2. The van der Waals surface area contributed by atoms with Crippen molar-refractivity contribution in [1.29, 1.82) is 0 Å². The van der Waals surface area contributed by atoms with Gasteiger partial charge in [-0.2, -0.15) is 0 Å². The van der Waals surface area contributed by atoms with Crippen LogP contribution in [-0.2, 0) is 9.47 Å². The summed E-state index contributed by atoms with van der Waals surface area (Å²) >= 11 is 0. The molecule has 0 saturated heterocycles. The van der Waals surface area contributed by atoms with Gasteiger partial charge in [0.15, 0.2) is 0 Å². The molecule has 1 heterocycles. The molecule has 1 aliphatic heterocycles. The zero-order valence-electron chi connectivity index (χ0n) is 12.9. The summed E-state index contributed by atoms with van der Waals surface area (Å²) in [5.41, 5.74) is -0.228. The van der Waals surface area contributed by atoms with E-state index in [1.165, 1.54) is 10.0 Å². The van der Waals surface area contributed by atoms with Crippen LogP contribution in [0.2, 0.25) is 0 Å². The lowest BCUT2D eigenvalue weighted by molar-refractivity contribution is -0.0546. The number of hydrazine groups is 1. The first-order valence-corrected chi connectivity index (χ1v) is 6.89. The molecule has 0 aromatic heterocycles. The smallest absolute Gasteiger partial charge is 0.429 e. The number of hydrogen-bond donors (Lipinski definition) is 0. The Kier molecular flexibility index (Phi) is 5.42. The van der Waals surface area contributed by atoms with Gasteiger partial charge in [0.2, 0.25) is 0 Å². The minimum atomic E-state index is -0.542. The van der Waals surface area contributed by atoms with E-state index in [1.54, 1.807) is 13.8 Å². The summed E-state index contributed by atoms with van der Waals surface area (Å²) in [5.74, 6) is 0. The fourth-order valence-electron chi connectivity index (χ4n) is 2.03. The number of hydrogen-bond acceptors (Lipinski definition) is 4. The van der Waals surface area contributed by atoms with E-state index in [2.05, 4.69) is 0 Å². The van der Waals surface area contributed by atoms with Gasteiger partial charge in [-0.3, -0.25) is 0 Å². The molecule has 2 amide bonds. The molecule has 20 heavy (non-hydrogen) atoms. The predicted molar refractivity (Wildman–Crippen MR) is 75.0 cm³/mol. The van der Waals surface area contributed by atoms with Crippen LogP contribution in [0.15, 0.2) is 12.2 Å². The van der Waals surface area contributed by atoms with E-state index in [1.807, 2.05) is 32.9 Å². The summed E-state index contributed by atoms with van der Waals surface area (Å²) in [7, 11) is 0. The molecule has 0 bridgehead atoms. The van der Waals surface area contributed by atoms with E-state index >= 15 is 0 Å². The Labute approximate surface area is 120 Å². The minimum Gasteiger partial charge on any atom is -0.448 e. The molecule has 0 spiro atoms. The zero-order valence-corrected chi connectivity index (χ0v) is 12.9. The average molecular weight is 284 g/mol. The van der Waals surface area contributed by atoms with Crippen molar-refractivity contribution in [2.45, 2.75) is 40.7 Å². The first-order valence-electron chi connectivity index (χ1n) is 6.89. The van der Waals surface area contributed by atoms with Crippen LogP contribution in [-0.4, -0.2) is 48.0 Å². The van der Waals surface area contributed by atoms with Gasteiger partial charge >= 0.3 is 12.2 Å². The van der Waals surface area contributed by atoms with Crippen LogP contribution in [0.3, 0.4) is 0 Å².